The van der Waals surface area contributed by atoms with Gasteiger partial charge in [-0.1, -0.05) is 0 Å². The van der Waals surface area contributed by atoms with Crippen LogP contribution in [0.2, 0.25) is 0 Å². The van der Waals surface area contributed by atoms with E-state index in [1.165, 1.54) is 10.9 Å². The van der Waals surface area contributed by atoms with E-state index in [1.54, 1.807) is 7.11 Å². The molecule has 0 saturated carbocycles. The van der Waals surface area contributed by atoms with Crippen LogP contribution in [0.15, 0.2) is 28.9 Å². The molecule has 2 rings (SSSR count). The van der Waals surface area contributed by atoms with Crippen molar-refractivity contribution in [2.75, 3.05) is 7.11 Å². The monoisotopic (exact) mass is 239 g/mol. The van der Waals surface area contributed by atoms with Gasteiger partial charge in [-0.05, 0) is 34.1 Å². The van der Waals surface area contributed by atoms with E-state index in [1.807, 2.05) is 25.4 Å². The van der Waals surface area contributed by atoms with Crippen LogP contribution in [-0.2, 0) is 7.05 Å². The number of aryl methyl sites for hydroxylation is 1. The van der Waals surface area contributed by atoms with Gasteiger partial charge >= 0.3 is 0 Å². The van der Waals surface area contributed by atoms with Gasteiger partial charge in [0.1, 0.15) is 5.75 Å². The molecule has 0 atom stereocenters. The van der Waals surface area contributed by atoms with Crippen molar-refractivity contribution in [3.8, 4) is 5.75 Å². The van der Waals surface area contributed by atoms with Gasteiger partial charge in [0, 0.05) is 23.1 Å². The number of benzene rings is 1. The minimum absolute atomic E-state index is 0.880. The van der Waals surface area contributed by atoms with E-state index in [0.717, 1.165) is 10.2 Å². The molecule has 0 aliphatic carbocycles. The molecule has 1 aromatic heterocycles. The quantitative estimate of drug-likeness (QED) is 0.747. The van der Waals surface area contributed by atoms with Crippen LogP contribution >= 0.6 is 15.9 Å². The van der Waals surface area contributed by atoms with Crippen molar-refractivity contribution in [2.45, 2.75) is 0 Å². The summed E-state index contributed by atoms with van der Waals surface area (Å²) in [5, 5.41) is 1.19. The summed E-state index contributed by atoms with van der Waals surface area (Å²) in [7, 11) is 3.70. The lowest BCUT2D eigenvalue weighted by Gasteiger charge is -2.03. The summed E-state index contributed by atoms with van der Waals surface area (Å²) in [6.07, 6.45) is 2.04. The Hall–Kier alpha value is -0.960. The minimum Gasteiger partial charge on any atom is -0.497 e. The molecule has 0 saturated heterocycles. The Labute approximate surface area is 85.2 Å². The first-order valence-corrected chi connectivity index (χ1v) is 4.80. The molecule has 0 aliphatic heterocycles. The van der Waals surface area contributed by atoms with E-state index >= 15 is 0 Å². The van der Waals surface area contributed by atoms with Gasteiger partial charge < -0.3 is 9.30 Å². The minimum atomic E-state index is 0.880. The predicted molar refractivity (Wildman–Crippen MR) is 57.2 cm³/mol. The van der Waals surface area contributed by atoms with Gasteiger partial charge in [-0.3, -0.25) is 0 Å². The zero-order valence-electron chi connectivity index (χ0n) is 7.54. The van der Waals surface area contributed by atoms with Gasteiger partial charge in [-0.2, -0.15) is 0 Å². The fourth-order valence-corrected chi connectivity index (χ4v) is 2.21. The molecule has 1 aromatic carbocycles. The average Bonchev–Trinajstić information content (AvgIpc) is 2.48. The van der Waals surface area contributed by atoms with Crippen molar-refractivity contribution >= 4 is 26.8 Å². The highest BCUT2D eigenvalue weighted by Crippen LogP contribution is 2.29. The summed E-state index contributed by atoms with van der Waals surface area (Å²) in [4.78, 5) is 0. The van der Waals surface area contributed by atoms with Crippen molar-refractivity contribution in [3.05, 3.63) is 28.9 Å². The van der Waals surface area contributed by atoms with Crippen LogP contribution in [0.5, 0.6) is 5.75 Å². The number of halogens is 1. The topological polar surface area (TPSA) is 14.2 Å². The van der Waals surface area contributed by atoms with Crippen LogP contribution in [0.4, 0.5) is 0 Å². The molecule has 0 amide bonds. The van der Waals surface area contributed by atoms with E-state index in [4.69, 9.17) is 4.74 Å². The summed E-state index contributed by atoms with van der Waals surface area (Å²) in [6, 6.07) is 6.07. The summed E-state index contributed by atoms with van der Waals surface area (Å²) in [5.41, 5.74) is 1.20. The van der Waals surface area contributed by atoms with Crippen LogP contribution in [0.1, 0.15) is 0 Å². The molecule has 68 valence electrons. The highest BCUT2D eigenvalue weighted by atomic mass is 79.9. The predicted octanol–water partition coefficient (Wildman–Crippen LogP) is 2.95. The summed E-state index contributed by atoms with van der Waals surface area (Å²) in [6.45, 7) is 0. The van der Waals surface area contributed by atoms with Gasteiger partial charge in [0.2, 0.25) is 0 Å². The van der Waals surface area contributed by atoms with Crippen LogP contribution in [0.3, 0.4) is 0 Å². The zero-order valence-corrected chi connectivity index (χ0v) is 9.13. The Morgan fingerprint density at radius 2 is 2.15 bits per heavy atom. The van der Waals surface area contributed by atoms with Crippen LogP contribution in [0.25, 0.3) is 10.9 Å². The first-order chi connectivity index (χ1) is 6.22. The number of hydrogen-bond acceptors (Lipinski definition) is 1. The van der Waals surface area contributed by atoms with E-state index in [2.05, 4.69) is 26.6 Å². The second kappa shape index (κ2) is 3.07. The third kappa shape index (κ3) is 1.33. The molecule has 2 aromatic rings. The van der Waals surface area contributed by atoms with Gasteiger partial charge in [0.25, 0.3) is 0 Å². The van der Waals surface area contributed by atoms with E-state index in [0.29, 0.717) is 0 Å². The normalized spacial score (nSPS) is 10.7. The lowest BCUT2D eigenvalue weighted by molar-refractivity contribution is 0.415. The van der Waals surface area contributed by atoms with Gasteiger partial charge in [0.05, 0.1) is 12.6 Å². The van der Waals surface area contributed by atoms with Gasteiger partial charge in [-0.25, -0.2) is 0 Å². The van der Waals surface area contributed by atoms with Gasteiger partial charge in [0.15, 0.2) is 0 Å². The molecule has 0 fully saturated rings. The molecule has 0 N–H and O–H groups in total. The molecule has 0 bridgehead atoms. The Bertz CT molecular complexity index is 447. The maximum Gasteiger partial charge on any atom is 0.120 e. The van der Waals surface area contributed by atoms with Crippen molar-refractivity contribution in [3.63, 3.8) is 0 Å². The fourth-order valence-electron chi connectivity index (χ4n) is 1.48. The lowest BCUT2D eigenvalue weighted by atomic mass is 10.2. The highest BCUT2D eigenvalue weighted by Gasteiger charge is 2.04. The molecular weight excluding hydrogens is 230 g/mol. The second-order valence-corrected chi connectivity index (χ2v) is 3.83. The van der Waals surface area contributed by atoms with Crippen molar-refractivity contribution in [1.82, 2.24) is 4.57 Å². The first-order valence-electron chi connectivity index (χ1n) is 4.01. The molecule has 1 heterocycles. The maximum atomic E-state index is 5.17. The van der Waals surface area contributed by atoms with E-state index in [9.17, 15) is 0 Å². The van der Waals surface area contributed by atoms with E-state index in [-0.39, 0.29) is 0 Å². The third-order valence-electron chi connectivity index (χ3n) is 2.13. The Morgan fingerprint density at radius 1 is 1.38 bits per heavy atom. The largest absolute Gasteiger partial charge is 0.497 e. The fraction of sp³-hybridized carbons (Fsp3) is 0.200. The van der Waals surface area contributed by atoms with Crippen molar-refractivity contribution in [2.24, 2.45) is 7.05 Å². The molecule has 0 unspecified atom stereocenters. The van der Waals surface area contributed by atoms with Gasteiger partial charge in [-0.15, -0.1) is 0 Å². The highest BCUT2D eigenvalue weighted by molar-refractivity contribution is 9.10. The molecule has 2 nitrogen and oxygen atoms in total. The van der Waals surface area contributed by atoms with Crippen molar-refractivity contribution in [1.29, 1.82) is 0 Å². The molecule has 0 spiro atoms. The second-order valence-electron chi connectivity index (χ2n) is 2.97. The number of hydrogen-bond donors (Lipinski definition) is 0. The first kappa shape index (κ1) is 8.63. The maximum absolute atomic E-state index is 5.17. The smallest absolute Gasteiger partial charge is 0.120 e. The van der Waals surface area contributed by atoms with Crippen molar-refractivity contribution < 1.29 is 4.74 Å². The molecule has 0 aliphatic rings. The lowest BCUT2D eigenvalue weighted by Crippen LogP contribution is -1.87. The number of aromatic nitrogens is 1. The van der Waals surface area contributed by atoms with Crippen LogP contribution in [0, 0.1) is 0 Å². The molecule has 0 radical (unpaired) electrons. The summed E-state index contributed by atoms with van der Waals surface area (Å²) in [5.74, 6) is 0.880. The number of nitrogens with zero attached hydrogens (tertiary/aromatic N) is 1. The molecule has 13 heavy (non-hydrogen) atoms. The standard InChI is InChI=1S/C10H10BrNO/c1-12-4-3-7-5-8(13-2)6-9(11)10(7)12/h3-6H,1-2H3. The average molecular weight is 240 g/mol. The molecular formula is C10H10BrNO. The Morgan fingerprint density at radius 3 is 2.85 bits per heavy atom. The number of fused-ring (bicyclic) bond motifs is 1. The number of rotatable bonds is 1. The Balaban J connectivity index is 2.79. The Kier molecular flexibility index (Phi) is 2.04. The SMILES string of the molecule is COc1cc(Br)c2c(ccn2C)c1. The van der Waals surface area contributed by atoms with Crippen LogP contribution < -0.4 is 4.74 Å². The van der Waals surface area contributed by atoms with E-state index < -0.39 is 0 Å². The van der Waals surface area contributed by atoms with Crippen LogP contribution in [-0.4, -0.2) is 11.7 Å². The summed E-state index contributed by atoms with van der Waals surface area (Å²) >= 11 is 3.52. The number of ether oxygens (including phenoxy) is 1. The third-order valence-corrected chi connectivity index (χ3v) is 2.74. The summed E-state index contributed by atoms with van der Waals surface area (Å²) < 4.78 is 8.32. The zero-order chi connectivity index (χ0) is 9.42. The molecule has 3 heteroatoms. The number of methoxy groups -OCH3 is 1.